The van der Waals surface area contributed by atoms with Crippen LogP contribution in [0.25, 0.3) is 0 Å². The van der Waals surface area contributed by atoms with Gasteiger partial charge in [-0.1, -0.05) is 13.8 Å². The third kappa shape index (κ3) is 2.63. The lowest BCUT2D eigenvalue weighted by molar-refractivity contribution is 0.0697. The number of hydrogen-bond donors (Lipinski definition) is 2. The molecular formula is C14H20N2O2. The van der Waals surface area contributed by atoms with E-state index >= 15 is 0 Å². The maximum atomic E-state index is 11.3. The monoisotopic (exact) mass is 248 g/mol. The molecule has 0 bridgehead atoms. The van der Waals surface area contributed by atoms with Crippen molar-refractivity contribution in [3.63, 3.8) is 0 Å². The number of carboxylic acid groups (broad SMARTS) is 1. The average Bonchev–Trinajstić information content (AvgIpc) is 2.57. The lowest BCUT2D eigenvalue weighted by Gasteiger charge is -2.19. The molecule has 2 N–H and O–H groups in total. The summed E-state index contributed by atoms with van der Waals surface area (Å²) in [5, 5.41) is 12.5. The topological polar surface area (TPSA) is 62.2 Å². The van der Waals surface area contributed by atoms with Crippen LogP contribution in [-0.4, -0.2) is 22.1 Å². The summed E-state index contributed by atoms with van der Waals surface area (Å²) in [6, 6.07) is 2.06. The van der Waals surface area contributed by atoms with Crippen molar-refractivity contribution in [3.8, 4) is 0 Å². The number of pyridine rings is 1. The van der Waals surface area contributed by atoms with Gasteiger partial charge in [-0.05, 0) is 43.2 Å². The average molecular weight is 248 g/mol. The number of aromatic nitrogens is 1. The Bertz CT molecular complexity index is 469. The standard InChI is InChI=1S/C14H20N2O2/c1-9-5-7-15-12(11(9)13(17)18)16-10-4-6-14(2,3)8-10/h5,7,10H,4,6,8H2,1-3H3,(H,15,16)(H,17,18). The van der Waals surface area contributed by atoms with Gasteiger partial charge in [-0.25, -0.2) is 9.78 Å². The van der Waals surface area contributed by atoms with E-state index in [1.165, 1.54) is 6.42 Å². The van der Waals surface area contributed by atoms with Crippen molar-refractivity contribution < 1.29 is 9.90 Å². The van der Waals surface area contributed by atoms with Gasteiger partial charge in [0.25, 0.3) is 0 Å². The van der Waals surface area contributed by atoms with E-state index in [4.69, 9.17) is 0 Å². The van der Waals surface area contributed by atoms with Crippen LogP contribution < -0.4 is 5.32 Å². The number of anilines is 1. The minimum absolute atomic E-state index is 0.294. The Kier molecular flexibility index (Phi) is 3.28. The Morgan fingerprint density at radius 2 is 2.28 bits per heavy atom. The molecule has 0 aromatic carbocycles. The van der Waals surface area contributed by atoms with Crippen molar-refractivity contribution in [3.05, 3.63) is 23.4 Å². The van der Waals surface area contributed by atoms with Crippen LogP contribution in [0.1, 0.15) is 49.0 Å². The number of hydrogen-bond acceptors (Lipinski definition) is 3. The van der Waals surface area contributed by atoms with Crippen LogP contribution in [0.5, 0.6) is 0 Å². The molecule has 1 fully saturated rings. The predicted octanol–water partition coefficient (Wildman–Crippen LogP) is 3.08. The van der Waals surface area contributed by atoms with Crippen LogP contribution in [-0.2, 0) is 0 Å². The fourth-order valence-electron chi connectivity index (χ4n) is 2.69. The second-order valence-corrected chi connectivity index (χ2v) is 5.90. The lowest BCUT2D eigenvalue weighted by atomic mass is 9.92. The molecule has 18 heavy (non-hydrogen) atoms. The molecule has 0 radical (unpaired) electrons. The molecule has 1 aliphatic rings. The van der Waals surface area contributed by atoms with E-state index in [-0.39, 0.29) is 0 Å². The van der Waals surface area contributed by atoms with Crippen LogP contribution in [0.2, 0.25) is 0 Å². The highest BCUT2D eigenvalue weighted by molar-refractivity contribution is 5.94. The van der Waals surface area contributed by atoms with E-state index in [0.717, 1.165) is 18.4 Å². The van der Waals surface area contributed by atoms with E-state index in [2.05, 4.69) is 24.1 Å². The molecule has 0 spiro atoms. The zero-order chi connectivity index (χ0) is 13.3. The Morgan fingerprint density at radius 1 is 1.56 bits per heavy atom. The summed E-state index contributed by atoms with van der Waals surface area (Å²) in [7, 11) is 0. The fraction of sp³-hybridized carbons (Fsp3) is 0.571. The summed E-state index contributed by atoms with van der Waals surface area (Å²) in [6.07, 6.45) is 4.95. The first kappa shape index (κ1) is 12.9. The molecule has 4 heteroatoms. The highest BCUT2D eigenvalue weighted by atomic mass is 16.4. The Morgan fingerprint density at radius 3 is 2.83 bits per heavy atom. The van der Waals surface area contributed by atoms with Crippen molar-refractivity contribution in [2.24, 2.45) is 5.41 Å². The normalized spacial score (nSPS) is 21.8. The molecule has 1 aromatic heterocycles. The molecule has 1 aliphatic carbocycles. The summed E-state index contributed by atoms with van der Waals surface area (Å²) in [6.45, 7) is 6.29. The predicted molar refractivity (Wildman–Crippen MR) is 71.0 cm³/mol. The molecule has 2 rings (SSSR count). The van der Waals surface area contributed by atoms with Crippen molar-refractivity contribution in [1.82, 2.24) is 4.98 Å². The SMILES string of the molecule is Cc1ccnc(NC2CCC(C)(C)C2)c1C(=O)O. The molecule has 1 saturated carbocycles. The number of rotatable bonds is 3. The van der Waals surface area contributed by atoms with Crippen LogP contribution in [0.15, 0.2) is 12.3 Å². The van der Waals surface area contributed by atoms with Gasteiger partial charge >= 0.3 is 5.97 Å². The van der Waals surface area contributed by atoms with Gasteiger partial charge < -0.3 is 10.4 Å². The molecule has 98 valence electrons. The molecule has 1 atom stereocenters. The molecule has 0 aliphatic heterocycles. The highest BCUT2D eigenvalue weighted by Crippen LogP contribution is 2.38. The smallest absolute Gasteiger partial charge is 0.339 e. The van der Waals surface area contributed by atoms with Crippen LogP contribution >= 0.6 is 0 Å². The van der Waals surface area contributed by atoms with E-state index in [9.17, 15) is 9.90 Å². The van der Waals surface area contributed by atoms with Crippen molar-refractivity contribution in [2.75, 3.05) is 5.32 Å². The fourth-order valence-corrected chi connectivity index (χ4v) is 2.69. The van der Waals surface area contributed by atoms with E-state index in [0.29, 0.717) is 22.8 Å². The second-order valence-electron chi connectivity index (χ2n) is 5.90. The number of carbonyl (C=O) groups is 1. The maximum Gasteiger partial charge on any atom is 0.339 e. The minimum atomic E-state index is -0.916. The van der Waals surface area contributed by atoms with Crippen LogP contribution in [0, 0.1) is 12.3 Å². The summed E-state index contributed by atoms with van der Waals surface area (Å²) in [5.41, 5.74) is 1.38. The number of aryl methyl sites for hydroxylation is 1. The maximum absolute atomic E-state index is 11.3. The molecule has 1 unspecified atom stereocenters. The van der Waals surface area contributed by atoms with E-state index < -0.39 is 5.97 Å². The second kappa shape index (κ2) is 4.59. The van der Waals surface area contributed by atoms with Crippen LogP contribution in [0.3, 0.4) is 0 Å². The van der Waals surface area contributed by atoms with E-state index in [1.807, 2.05) is 0 Å². The summed E-state index contributed by atoms with van der Waals surface area (Å²) >= 11 is 0. The zero-order valence-corrected chi connectivity index (χ0v) is 11.2. The van der Waals surface area contributed by atoms with Crippen molar-refractivity contribution in [1.29, 1.82) is 0 Å². The van der Waals surface area contributed by atoms with Crippen LogP contribution in [0.4, 0.5) is 5.82 Å². The Labute approximate surface area is 107 Å². The zero-order valence-electron chi connectivity index (χ0n) is 11.2. The Hall–Kier alpha value is -1.58. The number of nitrogens with one attached hydrogen (secondary N) is 1. The molecule has 4 nitrogen and oxygen atoms in total. The first-order valence-electron chi connectivity index (χ1n) is 6.34. The lowest BCUT2D eigenvalue weighted by Crippen LogP contribution is -2.20. The van der Waals surface area contributed by atoms with Crippen molar-refractivity contribution in [2.45, 2.75) is 46.1 Å². The summed E-state index contributed by atoms with van der Waals surface area (Å²) in [4.78, 5) is 15.4. The molecule has 0 amide bonds. The quantitative estimate of drug-likeness (QED) is 0.863. The minimum Gasteiger partial charge on any atom is -0.478 e. The number of nitrogens with zero attached hydrogens (tertiary/aromatic N) is 1. The first-order valence-corrected chi connectivity index (χ1v) is 6.34. The van der Waals surface area contributed by atoms with Gasteiger partial charge in [0.05, 0.1) is 0 Å². The van der Waals surface area contributed by atoms with Gasteiger partial charge in [-0.15, -0.1) is 0 Å². The summed E-state index contributed by atoms with van der Waals surface area (Å²) < 4.78 is 0. The molecular weight excluding hydrogens is 228 g/mol. The third-order valence-corrected chi connectivity index (χ3v) is 3.68. The van der Waals surface area contributed by atoms with Gasteiger partial charge in [0.2, 0.25) is 0 Å². The molecule has 1 heterocycles. The Balaban J connectivity index is 2.20. The van der Waals surface area contributed by atoms with Gasteiger partial charge in [0.15, 0.2) is 0 Å². The van der Waals surface area contributed by atoms with Gasteiger partial charge in [-0.3, -0.25) is 0 Å². The number of carboxylic acids is 1. The van der Waals surface area contributed by atoms with Gasteiger partial charge in [-0.2, -0.15) is 0 Å². The van der Waals surface area contributed by atoms with Gasteiger partial charge in [0.1, 0.15) is 11.4 Å². The molecule has 1 aromatic rings. The highest BCUT2D eigenvalue weighted by Gasteiger charge is 2.31. The van der Waals surface area contributed by atoms with E-state index in [1.54, 1.807) is 19.2 Å². The molecule has 0 saturated heterocycles. The third-order valence-electron chi connectivity index (χ3n) is 3.68. The summed E-state index contributed by atoms with van der Waals surface area (Å²) in [5.74, 6) is -0.412. The largest absolute Gasteiger partial charge is 0.478 e. The first-order chi connectivity index (χ1) is 8.39. The number of aromatic carboxylic acids is 1. The van der Waals surface area contributed by atoms with Gasteiger partial charge in [0, 0.05) is 12.2 Å². The van der Waals surface area contributed by atoms with Crippen molar-refractivity contribution >= 4 is 11.8 Å².